The molecule has 2 saturated heterocycles. The third-order valence-corrected chi connectivity index (χ3v) is 8.33. The van der Waals surface area contributed by atoms with Crippen LogP contribution in [0.15, 0.2) is 65.2 Å². The largest absolute Gasteiger partial charge is 0.478 e. The Kier molecular flexibility index (Phi) is 17.8. The Morgan fingerprint density at radius 1 is 0.868 bits per heavy atom. The maximum atomic E-state index is 9.55. The predicted molar refractivity (Wildman–Crippen MR) is 190 cm³/mol. The molecule has 3 heterocycles. The number of nitriles is 1. The molecule has 0 aliphatic carbocycles. The van der Waals surface area contributed by atoms with Gasteiger partial charge in [-0.05, 0) is 81.1 Å². The van der Waals surface area contributed by atoms with Crippen molar-refractivity contribution in [3.8, 4) is 6.07 Å². The topological polar surface area (TPSA) is 245 Å². The van der Waals surface area contributed by atoms with E-state index in [2.05, 4.69) is 38.9 Å². The summed E-state index contributed by atoms with van der Waals surface area (Å²) in [6, 6.07) is 14.2. The first-order valence-corrected chi connectivity index (χ1v) is 17.0. The zero-order valence-corrected chi connectivity index (χ0v) is 29.4. The van der Waals surface area contributed by atoms with E-state index in [1.54, 1.807) is 0 Å². The van der Waals surface area contributed by atoms with Crippen LogP contribution in [0, 0.1) is 17.2 Å². The smallest absolute Gasteiger partial charge is 0.328 e. The molecule has 0 unspecified atom stereocenters. The lowest BCUT2D eigenvalue weighted by molar-refractivity contribution is -0.134. The summed E-state index contributed by atoms with van der Waals surface area (Å²) in [5.41, 5.74) is 6.18. The van der Waals surface area contributed by atoms with Gasteiger partial charge in [0.15, 0.2) is 11.9 Å². The van der Waals surface area contributed by atoms with Crippen LogP contribution < -0.4 is 10.6 Å². The molecule has 3 aromatic rings. The number of nitrogens with one attached hydrogen (secondary N) is 2. The maximum Gasteiger partial charge on any atom is 0.328 e. The van der Waals surface area contributed by atoms with E-state index in [0.717, 1.165) is 99.0 Å². The fraction of sp³-hybridized carbons (Fsp3) is 0.405. The minimum atomic E-state index is -1.26. The molecule has 0 spiro atoms. The van der Waals surface area contributed by atoms with Gasteiger partial charge in [-0.1, -0.05) is 23.4 Å². The quantitative estimate of drug-likeness (QED) is 0.123. The SMILES string of the molecule is CNCc1c(CNCc2ccc(C#N)cc2)ccc2c(CCC3CCN(CC4OCCO4)CC3)noc12.O=C(O)/C=C/C(=O)O.O=C(O)/C=C/C(=O)O. The van der Waals surface area contributed by atoms with Gasteiger partial charge in [0.25, 0.3) is 0 Å². The van der Waals surface area contributed by atoms with Crippen LogP contribution in [0.3, 0.4) is 0 Å². The van der Waals surface area contributed by atoms with E-state index in [9.17, 15) is 19.2 Å². The zero-order chi connectivity index (χ0) is 38.6. The predicted octanol–water partition coefficient (Wildman–Crippen LogP) is 3.15. The number of carbonyl (C=O) groups is 4. The molecular formula is C37H45N5O11. The third-order valence-electron chi connectivity index (χ3n) is 8.33. The molecule has 0 radical (unpaired) electrons. The van der Waals surface area contributed by atoms with E-state index in [1.807, 2.05) is 31.3 Å². The summed E-state index contributed by atoms with van der Waals surface area (Å²) in [4.78, 5) is 40.7. The Balaban J connectivity index is 0.000000395. The van der Waals surface area contributed by atoms with Crippen molar-refractivity contribution in [1.29, 1.82) is 5.26 Å². The summed E-state index contributed by atoms with van der Waals surface area (Å²) in [7, 11) is 1.96. The minimum absolute atomic E-state index is 0.0408. The molecule has 16 heteroatoms. The van der Waals surface area contributed by atoms with Gasteiger partial charge < -0.3 is 45.1 Å². The highest BCUT2D eigenvalue weighted by Gasteiger charge is 2.25. The number of nitrogens with zero attached hydrogens (tertiary/aromatic N) is 3. The monoisotopic (exact) mass is 735 g/mol. The number of piperidine rings is 1. The van der Waals surface area contributed by atoms with Crippen LogP contribution in [0.2, 0.25) is 0 Å². The Bertz CT molecular complexity index is 1680. The third kappa shape index (κ3) is 15.4. The lowest BCUT2D eigenvalue weighted by atomic mass is 9.91. The number of aryl methyl sites for hydroxylation is 1. The van der Waals surface area contributed by atoms with Crippen molar-refractivity contribution in [3.63, 3.8) is 0 Å². The normalized spacial score (nSPS) is 15.1. The number of fused-ring (bicyclic) bond motifs is 1. The molecular weight excluding hydrogens is 690 g/mol. The van der Waals surface area contributed by atoms with Crippen molar-refractivity contribution in [1.82, 2.24) is 20.7 Å². The number of hydrogen-bond donors (Lipinski definition) is 6. The minimum Gasteiger partial charge on any atom is -0.478 e. The van der Waals surface area contributed by atoms with Crippen LogP contribution in [-0.2, 0) is 54.7 Å². The van der Waals surface area contributed by atoms with Gasteiger partial charge >= 0.3 is 23.9 Å². The number of ether oxygens (including phenoxy) is 2. The number of hydrogen-bond acceptors (Lipinski definition) is 12. The number of aliphatic carboxylic acids is 4. The van der Waals surface area contributed by atoms with E-state index in [1.165, 1.54) is 18.4 Å². The van der Waals surface area contributed by atoms with E-state index in [4.69, 9.17) is 39.7 Å². The number of benzene rings is 2. The first-order valence-electron chi connectivity index (χ1n) is 17.0. The summed E-state index contributed by atoms with van der Waals surface area (Å²) in [6.45, 7) is 6.75. The Morgan fingerprint density at radius 2 is 1.45 bits per heavy atom. The van der Waals surface area contributed by atoms with E-state index in [0.29, 0.717) is 29.9 Å². The maximum absolute atomic E-state index is 9.55. The average molecular weight is 736 g/mol. The Hall–Kier alpha value is -5.44. The molecule has 0 bridgehead atoms. The number of carboxylic acids is 4. The van der Waals surface area contributed by atoms with Gasteiger partial charge in [-0.15, -0.1) is 0 Å². The molecule has 1 aromatic heterocycles. The van der Waals surface area contributed by atoms with Crippen molar-refractivity contribution in [2.24, 2.45) is 5.92 Å². The first-order chi connectivity index (χ1) is 25.5. The molecule has 2 fully saturated rings. The van der Waals surface area contributed by atoms with E-state index in [-0.39, 0.29) is 6.29 Å². The van der Waals surface area contributed by atoms with Gasteiger partial charge in [0.2, 0.25) is 0 Å². The molecule has 284 valence electrons. The van der Waals surface area contributed by atoms with Crippen molar-refractivity contribution < 1.29 is 53.6 Å². The highest BCUT2D eigenvalue weighted by atomic mass is 16.7. The summed E-state index contributed by atoms with van der Waals surface area (Å²) in [5, 5.41) is 52.7. The fourth-order valence-electron chi connectivity index (χ4n) is 5.71. The summed E-state index contributed by atoms with van der Waals surface area (Å²) in [6.07, 6.45) is 6.70. The summed E-state index contributed by atoms with van der Waals surface area (Å²) >= 11 is 0. The van der Waals surface area contributed by atoms with Crippen LogP contribution in [0.1, 0.15) is 47.2 Å². The van der Waals surface area contributed by atoms with E-state index >= 15 is 0 Å². The first kappa shape index (κ1) is 42.0. The number of carboxylic acid groups (broad SMARTS) is 4. The van der Waals surface area contributed by atoms with Crippen molar-refractivity contribution in [3.05, 3.63) is 88.7 Å². The standard InChI is InChI=1S/C29H37N5O3.2C4H4O4/c1-31-19-26-24(18-32-17-23-4-2-22(16-30)3-5-23)7-8-25-27(33-37-29(25)26)9-6-21-10-12-34(13-11-21)20-28-35-14-15-36-28;2*5-3(6)1-2-4(7)8/h2-5,7-8,21,28,31-32H,6,9-15,17-20H2,1H3;2*1-2H,(H,5,6)(H,7,8)/b;2*2-1+. The molecule has 0 atom stereocenters. The zero-order valence-electron chi connectivity index (χ0n) is 29.4. The van der Waals surface area contributed by atoms with Crippen LogP contribution in [0.5, 0.6) is 0 Å². The second-order valence-corrected chi connectivity index (χ2v) is 12.1. The Morgan fingerprint density at radius 3 is 1.98 bits per heavy atom. The van der Waals surface area contributed by atoms with Gasteiger partial charge in [-0.3, -0.25) is 4.90 Å². The number of aromatic nitrogens is 1. The van der Waals surface area contributed by atoms with Gasteiger partial charge in [0, 0.05) is 61.4 Å². The van der Waals surface area contributed by atoms with Crippen molar-refractivity contribution in [2.75, 3.05) is 39.9 Å². The van der Waals surface area contributed by atoms with Crippen LogP contribution in [0.25, 0.3) is 11.0 Å². The highest BCUT2D eigenvalue weighted by molar-refractivity contribution is 5.90. The fourth-order valence-corrected chi connectivity index (χ4v) is 5.71. The second-order valence-electron chi connectivity index (χ2n) is 12.1. The van der Waals surface area contributed by atoms with E-state index < -0.39 is 23.9 Å². The van der Waals surface area contributed by atoms with Gasteiger partial charge in [0.05, 0.1) is 30.5 Å². The van der Waals surface area contributed by atoms with Crippen molar-refractivity contribution >= 4 is 34.8 Å². The van der Waals surface area contributed by atoms with Crippen LogP contribution in [-0.4, -0.2) is 101 Å². The van der Waals surface area contributed by atoms with Gasteiger partial charge in [-0.2, -0.15) is 5.26 Å². The molecule has 16 nitrogen and oxygen atoms in total. The lowest BCUT2D eigenvalue weighted by Gasteiger charge is -2.32. The molecule has 0 saturated carbocycles. The summed E-state index contributed by atoms with van der Waals surface area (Å²) < 4.78 is 17.1. The molecule has 2 aliphatic heterocycles. The molecule has 2 aliphatic rings. The van der Waals surface area contributed by atoms with Gasteiger partial charge in [-0.25, -0.2) is 19.2 Å². The molecule has 53 heavy (non-hydrogen) atoms. The summed E-state index contributed by atoms with van der Waals surface area (Å²) in [5.74, 6) is -4.31. The number of likely N-dealkylation sites (tertiary alicyclic amines) is 1. The van der Waals surface area contributed by atoms with Crippen LogP contribution in [0.4, 0.5) is 0 Å². The highest BCUT2D eigenvalue weighted by Crippen LogP contribution is 2.29. The van der Waals surface area contributed by atoms with Gasteiger partial charge in [0.1, 0.15) is 0 Å². The average Bonchev–Trinajstić information content (AvgIpc) is 3.81. The lowest BCUT2D eigenvalue weighted by Crippen LogP contribution is -2.39. The molecule has 6 N–H and O–H groups in total. The second kappa shape index (κ2) is 22.5. The number of rotatable bonds is 15. The van der Waals surface area contributed by atoms with Crippen molar-refractivity contribution in [2.45, 2.75) is 51.6 Å². The molecule has 0 amide bonds. The molecule has 2 aromatic carbocycles. The van der Waals surface area contributed by atoms with Crippen LogP contribution >= 0.6 is 0 Å². The molecule has 5 rings (SSSR count). The Labute approximate surface area is 306 Å².